The fourth-order valence-corrected chi connectivity index (χ4v) is 4.30. The minimum absolute atomic E-state index is 0.0239. The normalized spacial score (nSPS) is 13.9. The minimum Gasteiger partial charge on any atom is -0.332 e. The zero-order valence-electron chi connectivity index (χ0n) is 18.0. The van der Waals surface area contributed by atoms with Crippen LogP contribution in [0.4, 0.5) is 0 Å². The first kappa shape index (κ1) is 21.6. The fourth-order valence-electron chi connectivity index (χ4n) is 3.38. The highest BCUT2D eigenvalue weighted by Crippen LogP contribution is 2.30. The third-order valence-corrected chi connectivity index (χ3v) is 6.17. The highest BCUT2D eigenvalue weighted by atomic mass is 32.1. The van der Waals surface area contributed by atoms with E-state index in [1.807, 2.05) is 40.1 Å². The van der Waals surface area contributed by atoms with Crippen molar-refractivity contribution in [3.8, 4) is 0 Å². The molecule has 0 N–H and O–H groups in total. The van der Waals surface area contributed by atoms with Gasteiger partial charge in [-0.3, -0.25) is 9.59 Å². The van der Waals surface area contributed by atoms with Crippen LogP contribution in [-0.2, 0) is 22.7 Å². The smallest absolute Gasteiger partial charge is 0.242 e. The topological polar surface area (TPSA) is 40.6 Å². The van der Waals surface area contributed by atoms with Gasteiger partial charge < -0.3 is 9.80 Å². The maximum Gasteiger partial charge on any atom is 0.242 e. The van der Waals surface area contributed by atoms with Gasteiger partial charge in [0, 0.05) is 23.9 Å². The number of amides is 2. The first-order chi connectivity index (χ1) is 13.7. The van der Waals surface area contributed by atoms with Crippen LogP contribution in [0.5, 0.6) is 0 Å². The summed E-state index contributed by atoms with van der Waals surface area (Å²) in [5, 5.41) is 2.07. The van der Waals surface area contributed by atoms with Gasteiger partial charge in [-0.15, -0.1) is 11.3 Å². The highest BCUT2D eigenvalue weighted by molar-refractivity contribution is 7.10. The van der Waals surface area contributed by atoms with E-state index in [0.717, 1.165) is 18.4 Å². The maximum atomic E-state index is 13.3. The molecule has 1 aliphatic rings. The number of hydrogen-bond donors (Lipinski definition) is 0. The van der Waals surface area contributed by atoms with E-state index in [1.54, 1.807) is 11.3 Å². The molecule has 1 saturated carbocycles. The van der Waals surface area contributed by atoms with Gasteiger partial charge in [0.2, 0.25) is 11.8 Å². The molecule has 2 aromatic rings. The number of carbonyl (C=O) groups is 2. The van der Waals surface area contributed by atoms with Crippen LogP contribution in [0.15, 0.2) is 41.8 Å². The van der Waals surface area contributed by atoms with E-state index in [1.165, 1.54) is 10.4 Å². The van der Waals surface area contributed by atoms with E-state index >= 15 is 0 Å². The Morgan fingerprint density at radius 2 is 1.72 bits per heavy atom. The lowest BCUT2D eigenvalue weighted by atomic mass is 9.91. The van der Waals surface area contributed by atoms with Crippen LogP contribution in [0.1, 0.15) is 56.0 Å². The second-order valence-electron chi connectivity index (χ2n) is 9.25. The third-order valence-electron chi connectivity index (χ3n) is 5.17. The van der Waals surface area contributed by atoms with Crippen LogP contribution in [0, 0.1) is 12.3 Å². The van der Waals surface area contributed by atoms with Crippen molar-refractivity contribution in [1.29, 1.82) is 0 Å². The van der Waals surface area contributed by atoms with E-state index in [2.05, 4.69) is 39.1 Å². The molecule has 29 heavy (non-hydrogen) atoms. The molecule has 0 atom stereocenters. The van der Waals surface area contributed by atoms with Gasteiger partial charge in [0.15, 0.2) is 0 Å². The summed E-state index contributed by atoms with van der Waals surface area (Å²) in [5.41, 5.74) is 2.24. The molecule has 0 spiro atoms. The lowest BCUT2D eigenvalue weighted by Crippen LogP contribution is -2.44. The standard InChI is InChI=1S/C24H32N2O2S/c1-18-12-13-29-21(18)16-25(15-19-8-6-5-7-9-19)23(28)17-26(20-10-11-20)22(27)14-24(2,3)4/h5-9,12-13,20H,10-11,14-17H2,1-4H3. The van der Waals surface area contributed by atoms with Crippen molar-refractivity contribution in [1.82, 2.24) is 9.80 Å². The van der Waals surface area contributed by atoms with Crippen molar-refractivity contribution < 1.29 is 9.59 Å². The average molecular weight is 413 g/mol. The molecule has 1 heterocycles. The van der Waals surface area contributed by atoms with E-state index in [-0.39, 0.29) is 29.8 Å². The predicted octanol–water partition coefficient (Wildman–Crippen LogP) is 5.01. The molecule has 1 fully saturated rings. The molecule has 1 aromatic carbocycles. The first-order valence-electron chi connectivity index (χ1n) is 10.4. The molecule has 0 radical (unpaired) electrons. The predicted molar refractivity (Wildman–Crippen MR) is 119 cm³/mol. The second-order valence-corrected chi connectivity index (χ2v) is 10.3. The monoisotopic (exact) mass is 412 g/mol. The van der Waals surface area contributed by atoms with Gasteiger partial charge in [-0.05, 0) is 47.8 Å². The summed E-state index contributed by atoms with van der Waals surface area (Å²) < 4.78 is 0. The van der Waals surface area contributed by atoms with Gasteiger partial charge in [-0.2, -0.15) is 0 Å². The van der Waals surface area contributed by atoms with Gasteiger partial charge in [0.25, 0.3) is 0 Å². The summed E-state index contributed by atoms with van der Waals surface area (Å²) in [4.78, 5) is 31.1. The molecular weight excluding hydrogens is 380 g/mol. The zero-order valence-corrected chi connectivity index (χ0v) is 18.8. The van der Waals surface area contributed by atoms with Crippen molar-refractivity contribution in [2.45, 2.75) is 66.1 Å². The summed E-state index contributed by atoms with van der Waals surface area (Å²) in [6, 6.07) is 12.4. The zero-order chi connectivity index (χ0) is 21.0. The lowest BCUT2D eigenvalue weighted by Gasteiger charge is -2.30. The number of rotatable bonds is 8. The molecular formula is C24H32N2O2S. The Morgan fingerprint density at radius 3 is 2.28 bits per heavy atom. The molecule has 1 aromatic heterocycles. The van der Waals surface area contributed by atoms with Gasteiger partial charge in [0.1, 0.15) is 6.54 Å². The van der Waals surface area contributed by atoms with E-state index in [0.29, 0.717) is 19.5 Å². The number of thiophene rings is 1. The summed E-state index contributed by atoms with van der Waals surface area (Å²) in [6.07, 6.45) is 2.48. The number of carbonyl (C=O) groups excluding carboxylic acids is 2. The number of aryl methyl sites for hydroxylation is 1. The Labute approximate surface area is 178 Å². The molecule has 156 valence electrons. The molecule has 0 saturated heterocycles. The van der Waals surface area contributed by atoms with Crippen molar-refractivity contribution in [2.24, 2.45) is 5.41 Å². The van der Waals surface area contributed by atoms with Gasteiger partial charge in [-0.1, -0.05) is 51.1 Å². The SMILES string of the molecule is Cc1ccsc1CN(Cc1ccccc1)C(=O)CN(C(=O)CC(C)(C)C)C1CC1. The van der Waals surface area contributed by atoms with Crippen molar-refractivity contribution >= 4 is 23.2 Å². The van der Waals surface area contributed by atoms with Crippen LogP contribution in [-0.4, -0.2) is 34.2 Å². The molecule has 1 aliphatic carbocycles. The van der Waals surface area contributed by atoms with Crippen LogP contribution in [0.25, 0.3) is 0 Å². The average Bonchev–Trinajstić information content (AvgIpc) is 3.41. The Kier molecular flexibility index (Phi) is 6.78. The molecule has 0 unspecified atom stereocenters. The largest absolute Gasteiger partial charge is 0.332 e. The highest BCUT2D eigenvalue weighted by Gasteiger charge is 2.36. The Hall–Kier alpha value is -2.14. The number of nitrogens with zero attached hydrogens (tertiary/aromatic N) is 2. The molecule has 5 heteroatoms. The molecule has 3 rings (SSSR count). The van der Waals surface area contributed by atoms with E-state index in [4.69, 9.17) is 0 Å². The molecule has 4 nitrogen and oxygen atoms in total. The minimum atomic E-state index is -0.0783. The lowest BCUT2D eigenvalue weighted by molar-refractivity contribution is -0.142. The van der Waals surface area contributed by atoms with E-state index < -0.39 is 0 Å². The maximum absolute atomic E-state index is 13.3. The molecule has 0 bridgehead atoms. The van der Waals surface area contributed by atoms with Crippen molar-refractivity contribution in [3.05, 3.63) is 57.8 Å². The van der Waals surface area contributed by atoms with Crippen LogP contribution >= 0.6 is 11.3 Å². The Balaban J connectivity index is 1.75. The van der Waals surface area contributed by atoms with Gasteiger partial charge in [0.05, 0.1) is 6.54 Å². The summed E-state index contributed by atoms with van der Waals surface area (Å²) in [5.74, 6) is 0.121. The summed E-state index contributed by atoms with van der Waals surface area (Å²) >= 11 is 1.68. The second kappa shape index (κ2) is 9.12. The fraction of sp³-hybridized carbons (Fsp3) is 0.500. The number of hydrogen-bond acceptors (Lipinski definition) is 3. The van der Waals surface area contributed by atoms with E-state index in [9.17, 15) is 9.59 Å². The third kappa shape index (κ3) is 6.43. The van der Waals surface area contributed by atoms with Gasteiger partial charge in [-0.25, -0.2) is 0 Å². The molecule has 2 amide bonds. The summed E-state index contributed by atoms with van der Waals surface area (Å²) in [6.45, 7) is 9.61. The number of benzene rings is 1. The summed E-state index contributed by atoms with van der Waals surface area (Å²) in [7, 11) is 0. The van der Waals surface area contributed by atoms with Crippen LogP contribution in [0.3, 0.4) is 0 Å². The first-order valence-corrected chi connectivity index (χ1v) is 11.2. The van der Waals surface area contributed by atoms with Crippen molar-refractivity contribution in [2.75, 3.05) is 6.54 Å². The van der Waals surface area contributed by atoms with Gasteiger partial charge >= 0.3 is 0 Å². The quantitative estimate of drug-likeness (QED) is 0.611. The Morgan fingerprint density at radius 1 is 1.03 bits per heavy atom. The van der Waals surface area contributed by atoms with Crippen LogP contribution < -0.4 is 0 Å². The van der Waals surface area contributed by atoms with Crippen LogP contribution in [0.2, 0.25) is 0 Å². The van der Waals surface area contributed by atoms with Crippen molar-refractivity contribution in [3.63, 3.8) is 0 Å². The molecule has 0 aliphatic heterocycles. The Bertz CT molecular complexity index is 834.